The third-order valence-electron chi connectivity index (χ3n) is 12.2. The van der Waals surface area contributed by atoms with Crippen LogP contribution < -0.4 is 0 Å². The van der Waals surface area contributed by atoms with Crippen LogP contribution >= 0.6 is 0 Å². The molecule has 406 valence electrons. The first-order valence-electron chi connectivity index (χ1n) is 27.9. The van der Waals surface area contributed by atoms with E-state index < -0.39 is 67.3 Å². The molecule has 6 atom stereocenters. The maximum Gasteiger partial charge on any atom is 0.335 e. The number of carbonyl (C=O) groups is 4. The number of ether oxygens (including phenoxy) is 5. The molecule has 0 radical (unpaired) electrons. The van der Waals surface area contributed by atoms with Gasteiger partial charge in [-0.3, -0.25) is 14.4 Å². The van der Waals surface area contributed by atoms with Crippen molar-refractivity contribution in [3.05, 3.63) is 72.9 Å². The first-order valence-corrected chi connectivity index (χ1v) is 27.9. The first kappa shape index (κ1) is 65.2. The molecule has 0 spiro atoms. The van der Waals surface area contributed by atoms with Crippen molar-refractivity contribution in [2.75, 3.05) is 13.2 Å². The van der Waals surface area contributed by atoms with Crippen LogP contribution in [-0.4, -0.2) is 89.2 Å². The fourth-order valence-electron chi connectivity index (χ4n) is 7.98. The number of unbranched alkanes of at least 4 members (excludes halogenated alkanes) is 20. The van der Waals surface area contributed by atoms with Gasteiger partial charge in [0.05, 0.1) is 6.61 Å². The number of carbonyl (C=O) groups excluding carboxylic acids is 3. The Kier molecular flexibility index (Phi) is 43.3. The Bertz CT molecular complexity index is 1510. The summed E-state index contributed by atoms with van der Waals surface area (Å²) in [5, 5.41) is 31.4. The molecular formula is C59H98O12. The molecule has 1 heterocycles. The van der Waals surface area contributed by atoms with E-state index in [4.69, 9.17) is 23.7 Å². The van der Waals surface area contributed by atoms with Gasteiger partial charge in [0.25, 0.3) is 0 Å². The fraction of sp³-hybridized carbons (Fsp3) is 0.729. The van der Waals surface area contributed by atoms with Gasteiger partial charge in [0.15, 0.2) is 24.6 Å². The van der Waals surface area contributed by atoms with E-state index >= 15 is 0 Å². The summed E-state index contributed by atoms with van der Waals surface area (Å²) in [6.45, 7) is 5.75. The quantitative estimate of drug-likeness (QED) is 0.0228. The maximum atomic E-state index is 13.1. The minimum atomic E-state index is -1.91. The van der Waals surface area contributed by atoms with Crippen molar-refractivity contribution in [1.82, 2.24) is 0 Å². The van der Waals surface area contributed by atoms with E-state index in [-0.39, 0.29) is 25.9 Å². The molecule has 12 heteroatoms. The Morgan fingerprint density at radius 3 is 1.44 bits per heavy atom. The average Bonchev–Trinajstić information content (AvgIpc) is 3.35. The van der Waals surface area contributed by atoms with Gasteiger partial charge in [0.1, 0.15) is 18.8 Å². The average molecular weight is 999 g/mol. The Morgan fingerprint density at radius 2 is 0.915 bits per heavy atom. The van der Waals surface area contributed by atoms with Gasteiger partial charge in [0.2, 0.25) is 0 Å². The summed E-state index contributed by atoms with van der Waals surface area (Å²) in [5.41, 5.74) is 0. The molecular weight excluding hydrogens is 901 g/mol. The molecule has 1 aliphatic heterocycles. The molecule has 1 saturated heterocycles. The number of carboxylic acids is 1. The summed E-state index contributed by atoms with van der Waals surface area (Å²) in [6.07, 6.45) is 46.0. The molecule has 1 rings (SSSR count). The van der Waals surface area contributed by atoms with Crippen molar-refractivity contribution < 1.29 is 58.2 Å². The highest BCUT2D eigenvalue weighted by Gasteiger charge is 2.50. The van der Waals surface area contributed by atoms with E-state index in [0.717, 1.165) is 116 Å². The zero-order valence-corrected chi connectivity index (χ0v) is 44.4. The van der Waals surface area contributed by atoms with E-state index in [9.17, 15) is 34.5 Å². The Morgan fingerprint density at radius 1 is 0.479 bits per heavy atom. The van der Waals surface area contributed by atoms with E-state index in [1.165, 1.54) is 51.4 Å². The van der Waals surface area contributed by atoms with E-state index in [2.05, 4.69) is 93.7 Å². The van der Waals surface area contributed by atoms with Crippen molar-refractivity contribution in [3.63, 3.8) is 0 Å². The Hall–Kier alpha value is -3.84. The van der Waals surface area contributed by atoms with Gasteiger partial charge >= 0.3 is 23.9 Å². The minimum Gasteiger partial charge on any atom is -0.479 e. The van der Waals surface area contributed by atoms with Gasteiger partial charge in [-0.1, -0.05) is 196 Å². The minimum absolute atomic E-state index is 0.0554. The number of carboxylic acid groups (broad SMARTS) is 1. The number of esters is 3. The van der Waals surface area contributed by atoms with E-state index in [0.29, 0.717) is 19.3 Å². The Balaban J connectivity index is 2.75. The number of hydrogen-bond donors (Lipinski definition) is 3. The molecule has 71 heavy (non-hydrogen) atoms. The number of aliphatic hydroxyl groups is 2. The van der Waals surface area contributed by atoms with Crippen LogP contribution in [0.1, 0.15) is 226 Å². The molecule has 0 aromatic heterocycles. The third kappa shape index (κ3) is 37.6. The Labute approximate surface area is 429 Å². The van der Waals surface area contributed by atoms with Crippen LogP contribution in [0, 0.1) is 0 Å². The lowest BCUT2D eigenvalue weighted by molar-refractivity contribution is -0.301. The lowest BCUT2D eigenvalue weighted by Crippen LogP contribution is -2.61. The molecule has 6 unspecified atom stereocenters. The molecule has 0 saturated carbocycles. The van der Waals surface area contributed by atoms with Crippen LogP contribution in [0.25, 0.3) is 0 Å². The van der Waals surface area contributed by atoms with Crippen LogP contribution in [0.2, 0.25) is 0 Å². The predicted molar refractivity (Wildman–Crippen MR) is 285 cm³/mol. The summed E-state index contributed by atoms with van der Waals surface area (Å²) in [7, 11) is 0. The standard InChI is InChI=1S/C59H98O12/c1-4-7-10-13-16-19-22-25-26-29-30-33-36-39-42-45-51(60)67-48-50(69-52(61)46-43-40-37-34-31-27-23-20-17-14-11-8-5-2)49-68-59-57(55(64)54(63)56(71-59)58(65)66)70-53(62)47-44-41-38-35-32-28-24-21-18-15-12-9-6-3/h7,10-11,14,16,19-20,23,25-26,30,33,50,54-57,59,63-64H,4-6,8-9,12-13,15,17-18,21-22,24,27-29,31-32,34-49H2,1-3H3,(H,65,66)/b10-7-,14-11-,19-16-,23-20-,26-25-,33-30-. The molecule has 3 N–H and O–H groups in total. The number of hydrogen-bond acceptors (Lipinski definition) is 11. The zero-order chi connectivity index (χ0) is 51.8. The van der Waals surface area contributed by atoms with Crippen LogP contribution in [0.15, 0.2) is 72.9 Å². The van der Waals surface area contributed by atoms with Crippen molar-refractivity contribution in [3.8, 4) is 0 Å². The van der Waals surface area contributed by atoms with Gasteiger partial charge in [-0.2, -0.15) is 0 Å². The predicted octanol–water partition coefficient (Wildman–Crippen LogP) is 13.8. The fourth-order valence-corrected chi connectivity index (χ4v) is 7.98. The van der Waals surface area contributed by atoms with Gasteiger partial charge in [0, 0.05) is 19.3 Å². The van der Waals surface area contributed by atoms with Crippen molar-refractivity contribution in [2.24, 2.45) is 0 Å². The number of aliphatic hydroxyl groups excluding tert-OH is 2. The van der Waals surface area contributed by atoms with E-state index in [1.807, 2.05) is 0 Å². The summed E-state index contributed by atoms with van der Waals surface area (Å²) < 4.78 is 28.3. The molecule has 0 aliphatic carbocycles. The monoisotopic (exact) mass is 999 g/mol. The molecule has 1 aliphatic rings. The van der Waals surface area contributed by atoms with Crippen LogP contribution in [-0.2, 0) is 42.9 Å². The second-order valence-electron chi connectivity index (χ2n) is 18.8. The molecule has 0 bridgehead atoms. The largest absolute Gasteiger partial charge is 0.479 e. The SMILES string of the molecule is CC/C=C\C/C=C\C/C=C\C/C=C\CCCCC(=O)OCC(COC1OC(C(=O)O)C(O)C(O)C1OC(=O)CCCCCCCCCCCCCCC)OC(=O)CCCCCCC/C=C\C/C=C\CCC. The topological polar surface area (TPSA) is 175 Å². The zero-order valence-electron chi connectivity index (χ0n) is 44.4. The molecule has 12 nitrogen and oxygen atoms in total. The van der Waals surface area contributed by atoms with Gasteiger partial charge in [-0.05, 0) is 83.5 Å². The lowest BCUT2D eigenvalue weighted by atomic mass is 9.98. The second kappa shape index (κ2) is 47.2. The molecule has 0 amide bonds. The third-order valence-corrected chi connectivity index (χ3v) is 12.2. The number of aliphatic carboxylic acids is 1. The van der Waals surface area contributed by atoms with Gasteiger partial charge in [-0.25, -0.2) is 4.79 Å². The molecule has 0 aromatic carbocycles. The van der Waals surface area contributed by atoms with E-state index in [1.54, 1.807) is 0 Å². The highest BCUT2D eigenvalue weighted by atomic mass is 16.7. The van der Waals surface area contributed by atoms with Crippen molar-refractivity contribution in [2.45, 2.75) is 263 Å². The second-order valence-corrected chi connectivity index (χ2v) is 18.8. The van der Waals surface area contributed by atoms with Crippen LogP contribution in [0.3, 0.4) is 0 Å². The summed E-state index contributed by atoms with van der Waals surface area (Å²) in [6, 6.07) is 0. The lowest BCUT2D eigenvalue weighted by Gasteiger charge is -2.40. The molecule has 0 aromatic rings. The van der Waals surface area contributed by atoms with Crippen molar-refractivity contribution >= 4 is 23.9 Å². The van der Waals surface area contributed by atoms with Crippen LogP contribution in [0.4, 0.5) is 0 Å². The van der Waals surface area contributed by atoms with Crippen molar-refractivity contribution in [1.29, 1.82) is 0 Å². The maximum absolute atomic E-state index is 13.1. The number of rotatable bonds is 46. The first-order chi connectivity index (χ1) is 34.6. The highest BCUT2D eigenvalue weighted by Crippen LogP contribution is 2.26. The number of allylic oxidation sites excluding steroid dienone is 12. The highest BCUT2D eigenvalue weighted by molar-refractivity contribution is 5.74. The normalized spacial score (nSPS) is 19.0. The summed E-state index contributed by atoms with van der Waals surface area (Å²) in [4.78, 5) is 51.0. The van der Waals surface area contributed by atoms with Gasteiger partial charge in [-0.15, -0.1) is 0 Å². The smallest absolute Gasteiger partial charge is 0.335 e. The van der Waals surface area contributed by atoms with Gasteiger partial charge < -0.3 is 39.0 Å². The van der Waals surface area contributed by atoms with Crippen LogP contribution in [0.5, 0.6) is 0 Å². The summed E-state index contributed by atoms with van der Waals surface area (Å²) in [5.74, 6) is -3.19. The summed E-state index contributed by atoms with van der Waals surface area (Å²) >= 11 is 0. The molecule has 1 fully saturated rings.